The summed E-state index contributed by atoms with van der Waals surface area (Å²) in [6.45, 7) is 0. The molecule has 0 saturated heterocycles. The van der Waals surface area contributed by atoms with Gasteiger partial charge < -0.3 is 10.2 Å². The number of aromatic hydroxyl groups is 2. The number of carbonyl (C=O) groups excluding carboxylic acids is 1. The molecule has 4 aromatic rings. The third-order valence-electron chi connectivity index (χ3n) is 5.55. The standard InChI is InChI=1S/C25H18O2.CHNO/c26-19-13-9-17(10-14-19)25(18-11-15-20(27)16-12-18)23-7-3-1-5-21(23)22-6-2-4-8-24(22)25;2-1-3/h1-16,26-27H;2H. The molecule has 4 heteroatoms. The molecule has 0 spiro atoms. The maximum absolute atomic E-state index is 9.85. The lowest BCUT2D eigenvalue weighted by Crippen LogP contribution is -2.28. The van der Waals surface area contributed by atoms with Crippen molar-refractivity contribution >= 4 is 6.08 Å². The van der Waals surface area contributed by atoms with Crippen LogP contribution in [-0.2, 0) is 10.2 Å². The van der Waals surface area contributed by atoms with Crippen molar-refractivity contribution in [3.63, 3.8) is 0 Å². The van der Waals surface area contributed by atoms with E-state index in [1.807, 2.05) is 24.3 Å². The first-order valence-electron chi connectivity index (χ1n) is 9.45. The number of isocyanates is 1. The van der Waals surface area contributed by atoms with Crippen molar-refractivity contribution in [1.29, 1.82) is 5.41 Å². The van der Waals surface area contributed by atoms with Gasteiger partial charge in [0.15, 0.2) is 0 Å². The number of hydrogen-bond donors (Lipinski definition) is 3. The molecule has 1 aliphatic carbocycles. The lowest BCUT2D eigenvalue weighted by molar-refractivity contribution is 0.474. The van der Waals surface area contributed by atoms with Crippen molar-refractivity contribution in [2.75, 3.05) is 0 Å². The van der Waals surface area contributed by atoms with Crippen molar-refractivity contribution in [1.82, 2.24) is 0 Å². The quantitative estimate of drug-likeness (QED) is 0.279. The Bertz CT molecular complexity index is 1130. The minimum Gasteiger partial charge on any atom is -0.508 e. The molecule has 0 heterocycles. The molecule has 0 aromatic heterocycles. The molecule has 5 rings (SSSR count). The van der Waals surface area contributed by atoms with Crippen LogP contribution in [0, 0.1) is 5.41 Å². The molecule has 4 aromatic carbocycles. The molecule has 0 fully saturated rings. The summed E-state index contributed by atoms with van der Waals surface area (Å²) in [6.07, 6.45) is 0.750. The van der Waals surface area contributed by atoms with Crippen LogP contribution in [0.5, 0.6) is 11.5 Å². The molecule has 4 nitrogen and oxygen atoms in total. The second kappa shape index (κ2) is 7.70. The molecule has 30 heavy (non-hydrogen) atoms. The highest BCUT2D eigenvalue weighted by Crippen LogP contribution is 2.56. The number of phenols is 2. The second-order valence-electron chi connectivity index (χ2n) is 7.04. The predicted octanol–water partition coefficient (Wildman–Crippen LogP) is 5.36. The Labute approximate surface area is 174 Å². The van der Waals surface area contributed by atoms with Gasteiger partial charge in [0.2, 0.25) is 6.08 Å². The Hall–Kier alpha value is -4.14. The molecule has 0 saturated carbocycles. The van der Waals surface area contributed by atoms with Gasteiger partial charge in [-0.3, -0.25) is 0 Å². The fourth-order valence-corrected chi connectivity index (χ4v) is 4.45. The molecule has 146 valence electrons. The van der Waals surface area contributed by atoms with Crippen molar-refractivity contribution in [2.24, 2.45) is 0 Å². The molecule has 3 N–H and O–H groups in total. The van der Waals surface area contributed by atoms with Crippen molar-refractivity contribution < 1.29 is 15.0 Å². The average Bonchev–Trinajstić information content (AvgIpc) is 3.07. The summed E-state index contributed by atoms with van der Waals surface area (Å²) in [6, 6.07) is 31.9. The van der Waals surface area contributed by atoms with Gasteiger partial charge in [-0.25, -0.2) is 10.2 Å². The molecule has 0 bridgehead atoms. The van der Waals surface area contributed by atoms with Crippen LogP contribution in [0.15, 0.2) is 97.1 Å². The van der Waals surface area contributed by atoms with Gasteiger partial charge in [-0.1, -0.05) is 72.8 Å². The maximum atomic E-state index is 9.85. The summed E-state index contributed by atoms with van der Waals surface area (Å²) in [5.74, 6) is 0.498. The van der Waals surface area contributed by atoms with E-state index in [4.69, 9.17) is 10.2 Å². The highest BCUT2D eigenvalue weighted by atomic mass is 16.3. The van der Waals surface area contributed by atoms with Gasteiger partial charge in [-0.15, -0.1) is 0 Å². The second-order valence-corrected chi connectivity index (χ2v) is 7.04. The minimum absolute atomic E-state index is 0.249. The maximum Gasteiger partial charge on any atom is 0.231 e. The highest BCUT2D eigenvalue weighted by Gasteiger charge is 2.45. The van der Waals surface area contributed by atoms with Crippen molar-refractivity contribution in [2.45, 2.75) is 5.41 Å². The lowest BCUT2D eigenvalue weighted by atomic mass is 9.68. The Morgan fingerprint density at radius 3 is 1.30 bits per heavy atom. The van der Waals surface area contributed by atoms with Crippen LogP contribution >= 0.6 is 0 Å². The number of hydrogen-bond acceptors (Lipinski definition) is 4. The van der Waals surface area contributed by atoms with Gasteiger partial charge in [-0.05, 0) is 57.6 Å². The number of fused-ring (bicyclic) bond motifs is 3. The molecule has 0 amide bonds. The Balaban J connectivity index is 0.000000687. The zero-order valence-corrected chi connectivity index (χ0v) is 16.0. The normalized spacial score (nSPS) is 12.7. The third kappa shape index (κ3) is 2.87. The summed E-state index contributed by atoms with van der Waals surface area (Å²) < 4.78 is 0. The molecule has 0 aliphatic heterocycles. The first kappa shape index (κ1) is 19.2. The van der Waals surface area contributed by atoms with Gasteiger partial charge >= 0.3 is 0 Å². The topological polar surface area (TPSA) is 81.4 Å². The van der Waals surface area contributed by atoms with E-state index in [0.717, 1.165) is 17.2 Å². The molecule has 0 unspecified atom stereocenters. The van der Waals surface area contributed by atoms with E-state index in [2.05, 4.69) is 48.5 Å². The lowest BCUT2D eigenvalue weighted by Gasteiger charge is -2.33. The molecule has 0 radical (unpaired) electrons. The van der Waals surface area contributed by atoms with Gasteiger partial charge in [0.05, 0.1) is 5.41 Å². The highest BCUT2D eigenvalue weighted by molar-refractivity contribution is 5.86. The van der Waals surface area contributed by atoms with E-state index in [1.54, 1.807) is 24.3 Å². The smallest absolute Gasteiger partial charge is 0.231 e. The van der Waals surface area contributed by atoms with E-state index in [9.17, 15) is 10.2 Å². The van der Waals surface area contributed by atoms with E-state index in [-0.39, 0.29) is 11.5 Å². The fourth-order valence-electron chi connectivity index (χ4n) is 4.45. The van der Waals surface area contributed by atoms with Crippen LogP contribution in [-0.4, -0.2) is 16.3 Å². The predicted molar refractivity (Wildman–Crippen MR) is 115 cm³/mol. The number of benzene rings is 4. The number of nitrogens with one attached hydrogen (secondary N) is 1. The van der Waals surface area contributed by atoms with E-state index >= 15 is 0 Å². The summed E-state index contributed by atoms with van der Waals surface area (Å²) in [5.41, 5.74) is 6.54. The van der Waals surface area contributed by atoms with Crippen LogP contribution in [0.3, 0.4) is 0 Å². The Kier molecular flexibility index (Phi) is 4.93. The van der Waals surface area contributed by atoms with Crippen LogP contribution in [0.2, 0.25) is 0 Å². The van der Waals surface area contributed by atoms with Crippen molar-refractivity contribution in [3.05, 3.63) is 119 Å². The van der Waals surface area contributed by atoms with Gasteiger partial charge in [-0.2, -0.15) is 0 Å². The van der Waals surface area contributed by atoms with Gasteiger partial charge in [0.1, 0.15) is 11.5 Å². The van der Waals surface area contributed by atoms with Crippen LogP contribution in [0.1, 0.15) is 22.3 Å². The largest absolute Gasteiger partial charge is 0.508 e. The zero-order valence-electron chi connectivity index (χ0n) is 16.0. The van der Waals surface area contributed by atoms with Gasteiger partial charge in [0, 0.05) is 0 Å². The van der Waals surface area contributed by atoms with Crippen LogP contribution in [0.4, 0.5) is 0 Å². The fraction of sp³-hybridized carbons (Fsp3) is 0.0385. The summed E-state index contributed by atoms with van der Waals surface area (Å²) in [7, 11) is 0. The first-order chi connectivity index (χ1) is 14.6. The molecular weight excluding hydrogens is 374 g/mol. The zero-order chi connectivity index (χ0) is 21.1. The summed E-state index contributed by atoms with van der Waals surface area (Å²) in [5, 5.41) is 25.1. The molecule has 1 aliphatic rings. The SMILES string of the molecule is N=C=O.Oc1ccc(C2(c3ccc(O)cc3)c3ccccc3-c3ccccc32)cc1. The number of phenolic OH excluding ortho intramolecular Hbond substituents is 2. The number of rotatable bonds is 2. The van der Waals surface area contributed by atoms with Crippen LogP contribution in [0.25, 0.3) is 11.1 Å². The molecule has 0 atom stereocenters. The first-order valence-corrected chi connectivity index (χ1v) is 9.45. The van der Waals surface area contributed by atoms with Gasteiger partial charge in [0.25, 0.3) is 0 Å². The summed E-state index contributed by atoms with van der Waals surface area (Å²) in [4.78, 5) is 8.35. The third-order valence-corrected chi connectivity index (χ3v) is 5.55. The Morgan fingerprint density at radius 2 is 0.933 bits per heavy atom. The Morgan fingerprint density at radius 1 is 0.600 bits per heavy atom. The van der Waals surface area contributed by atoms with Crippen LogP contribution < -0.4 is 0 Å². The molecular formula is C26H19NO3. The van der Waals surface area contributed by atoms with E-state index in [0.29, 0.717) is 0 Å². The minimum atomic E-state index is -0.491. The van der Waals surface area contributed by atoms with Crippen molar-refractivity contribution in [3.8, 4) is 22.6 Å². The van der Waals surface area contributed by atoms with E-state index in [1.165, 1.54) is 22.3 Å². The monoisotopic (exact) mass is 393 g/mol. The van der Waals surface area contributed by atoms with E-state index < -0.39 is 5.41 Å². The average molecular weight is 393 g/mol. The summed E-state index contributed by atoms with van der Waals surface area (Å²) >= 11 is 0.